The van der Waals surface area contributed by atoms with Gasteiger partial charge in [0.1, 0.15) is 0 Å². The number of carbonyl (C=O) groups excluding carboxylic acids is 1. The summed E-state index contributed by atoms with van der Waals surface area (Å²) in [5, 5.41) is 0. The molecule has 0 bridgehead atoms. The molecule has 0 aromatic carbocycles. The molecule has 2 aliphatic carbocycles. The molecule has 0 aromatic heterocycles. The van der Waals surface area contributed by atoms with E-state index in [4.69, 9.17) is 0 Å². The van der Waals surface area contributed by atoms with Crippen molar-refractivity contribution in [3.05, 3.63) is 11.6 Å². The van der Waals surface area contributed by atoms with Crippen LogP contribution in [0.3, 0.4) is 0 Å². The Labute approximate surface area is 97.8 Å². The lowest BCUT2D eigenvalue weighted by atomic mass is 9.69. The Morgan fingerprint density at radius 2 is 2.25 bits per heavy atom. The van der Waals surface area contributed by atoms with E-state index in [1.54, 1.807) is 11.7 Å². The molecule has 88 valence electrons. The van der Waals surface area contributed by atoms with E-state index in [0.717, 1.165) is 6.42 Å². The molecule has 0 N–H and O–H groups in total. The maximum atomic E-state index is 10.6. The van der Waals surface area contributed by atoms with Crippen molar-refractivity contribution in [2.45, 2.75) is 63.8 Å². The molecule has 16 heavy (non-hydrogen) atoms. The van der Waals surface area contributed by atoms with Crippen molar-refractivity contribution in [3.8, 4) is 0 Å². The van der Waals surface area contributed by atoms with Gasteiger partial charge in [-0.2, -0.15) is 4.99 Å². The molecule has 0 saturated heterocycles. The van der Waals surface area contributed by atoms with E-state index in [1.807, 2.05) is 0 Å². The first-order valence-electron chi connectivity index (χ1n) is 6.54. The maximum absolute atomic E-state index is 10.6. The van der Waals surface area contributed by atoms with Crippen LogP contribution in [0.1, 0.15) is 58.3 Å². The third kappa shape index (κ3) is 2.27. The number of hydrogen-bond donors (Lipinski definition) is 0. The highest BCUT2D eigenvalue weighted by atomic mass is 16.1. The van der Waals surface area contributed by atoms with Gasteiger partial charge in [0.05, 0.1) is 5.54 Å². The van der Waals surface area contributed by atoms with Crippen molar-refractivity contribution in [3.63, 3.8) is 0 Å². The van der Waals surface area contributed by atoms with Crippen LogP contribution in [0.2, 0.25) is 0 Å². The Bertz CT molecular complexity index is 328. The highest BCUT2D eigenvalue weighted by Gasteiger charge is 2.38. The lowest BCUT2D eigenvalue weighted by Crippen LogP contribution is -2.37. The number of isocyanates is 1. The van der Waals surface area contributed by atoms with Gasteiger partial charge in [0, 0.05) is 5.92 Å². The Morgan fingerprint density at radius 1 is 1.38 bits per heavy atom. The summed E-state index contributed by atoms with van der Waals surface area (Å²) in [6, 6.07) is 0. The molecule has 2 heteroatoms. The van der Waals surface area contributed by atoms with E-state index in [2.05, 4.69) is 18.0 Å². The van der Waals surface area contributed by atoms with Crippen molar-refractivity contribution in [1.29, 1.82) is 0 Å². The van der Waals surface area contributed by atoms with E-state index >= 15 is 0 Å². The zero-order valence-corrected chi connectivity index (χ0v) is 10.2. The Balaban J connectivity index is 2.21. The predicted octanol–water partition coefficient (Wildman–Crippen LogP) is 3.77. The van der Waals surface area contributed by atoms with Crippen LogP contribution in [-0.4, -0.2) is 11.6 Å². The molecule has 2 unspecified atom stereocenters. The van der Waals surface area contributed by atoms with Crippen LogP contribution in [0.4, 0.5) is 0 Å². The lowest BCUT2D eigenvalue weighted by Gasteiger charge is -2.39. The van der Waals surface area contributed by atoms with Crippen molar-refractivity contribution < 1.29 is 4.79 Å². The summed E-state index contributed by atoms with van der Waals surface area (Å²) in [5.74, 6) is 0.503. The van der Waals surface area contributed by atoms with Crippen molar-refractivity contribution in [1.82, 2.24) is 0 Å². The topological polar surface area (TPSA) is 29.4 Å². The van der Waals surface area contributed by atoms with Crippen LogP contribution in [-0.2, 0) is 4.79 Å². The van der Waals surface area contributed by atoms with Crippen LogP contribution in [0, 0.1) is 5.92 Å². The molecule has 0 heterocycles. The highest BCUT2D eigenvalue weighted by molar-refractivity contribution is 5.36. The van der Waals surface area contributed by atoms with Crippen LogP contribution >= 0.6 is 0 Å². The summed E-state index contributed by atoms with van der Waals surface area (Å²) < 4.78 is 0. The van der Waals surface area contributed by atoms with Crippen LogP contribution in [0.15, 0.2) is 16.6 Å². The summed E-state index contributed by atoms with van der Waals surface area (Å²) in [5.41, 5.74) is 1.40. The molecule has 2 nitrogen and oxygen atoms in total. The summed E-state index contributed by atoms with van der Waals surface area (Å²) in [6.45, 7) is 2.14. The number of rotatable bonds is 2. The minimum absolute atomic E-state index is 0.164. The monoisotopic (exact) mass is 219 g/mol. The molecule has 2 atom stereocenters. The predicted molar refractivity (Wildman–Crippen MR) is 65.0 cm³/mol. The average molecular weight is 219 g/mol. The third-order valence-electron chi connectivity index (χ3n) is 4.25. The van der Waals surface area contributed by atoms with Crippen molar-refractivity contribution in [2.75, 3.05) is 0 Å². The zero-order valence-electron chi connectivity index (χ0n) is 10.2. The van der Waals surface area contributed by atoms with Gasteiger partial charge >= 0.3 is 0 Å². The van der Waals surface area contributed by atoms with Gasteiger partial charge in [0.25, 0.3) is 0 Å². The smallest absolute Gasteiger partial charge is 0.211 e. The number of allylic oxidation sites excluding steroid dienone is 1. The van der Waals surface area contributed by atoms with Gasteiger partial charge in [-0.1, -0.05) is 24.5 Å². The molecule has 0 radical (unpaired) electrons. The Hall–Kier alpha value is -0.880. The van der Waals surface area contributed by atoms with Crippen LogP contribution in [0.25, 0.3) is 0 Å². The normalized spacial score (nSPS) is 35.1. The van der Waals surface area contributed by atoms with Crippen molar-refractivity contribution >= 4 is 6.08 Å². The first kappa shape index (κ1) is 11.6. The summed E-state index contributed by atoms with van der Waals surface area (Å²) in [7, 11) is 0. The minimum atomic E-state index is -0.164. The fourth-order valence-corrected chi connectivity index (χ4v) is 3.32. The van der Waals surface area contributed by atoms with Gasteiger partial charge in [-0.05, 0) is 45.4 Å². The fraction of sp³-hybridized carbons (Fsp3) is 0.786. The zero-order chi connectivity index (χ0) is 11.4. The number of nitrogens with zero attached hydrogens (tertiary/aromatic N) is 1. The summed E-state index contributed by atoms with van der Waals surface area (Å²) >= 11 is 0. The standard InChI is InChI=1S/C14H21NO/c1-14(15-11-16)10-6-5-9-13(14)12-7-3-2-4-8-12/h7,13H,2-6,8-10H2,1H3. The first-order chi connectivity index (χ1) is 7.76. The van der Waals surface area contributed by atoms with Gasteiger partial charge < -0.3 is 0 Å². The minimum Gasteiger partial charge on any atom is -0.211 e. The number of hydrogen-bond acceptors (Lipinski definition) is 2. The molecule has 0 aliphatic heterocycles. The van der Waals surface area contributed by atoms with E-state index in [1.165, 1.54) is 44.9 Å². The molecule has 1 fully saturated rings. The lowest BCUT2D eigenvalue weighted by molar-refractivity contribution is 0.236. The largest absolute Gasteiger partial charge is 0.235 e. The maximum Gasteiger partial charge on any atom is 0.235 e. The molecule has 0 spiro atoms. The molecular weight excluding hydrogens is 198 g/mol. The molecule has 0 amide bonds. The van der Waals surface area contributed by atoms with Gasteiger partial charge in [0.15, 0.2) is 0 Å². The van der Waals surface area contributed by atoms with Crippen LogP contribution < -0.4 is 0 Å². The summed E-state index contributed by atoms with van der Waals surface area (Å²) in [4.78, 5) is 14.7. The molecular formula is C14H21NO. The van der Waals surface area contributed by atoms with E-state index in [-0.39, 0.29) is 5.54 Å². The second kappa shape index (κ2) is 4.97. The van der Waals surface area contributed by atoms with E-state index in [0.29, 0.717) is 5.92 Å². The van der Waals surface area contributed by atoms with Gasteiger partial charge in [-0.25, -0.2) is 4.79 Å². The van der Waals surface area contributed by atoms with E-state index in [9.17, 15) is 4.79 Å². The Morgan fingerprint density at radius 3 is 2.94 bits per heavy atom. The second-order valence-corrected chi connectivity index (χ2v) is 5.38. The SMILES string of the molecule is CC1(N=C=O)CCCCC1C1=CCCCC1. The molecule has 2 rings (SSSR count). The average Bonchev–Trinajstić information content (AvgIpc) is 2.31. The van der Waals surface area contributed by atoms with Gasteiger partial charge in [-0.3, -0.25) is 0 Å². The van der Waals surface area contributed by atoms with Crippen LogP contribution in [0.5, 0.6) is 0 Å². The quantitative estimate of drug-likeness (QED) is 0.395. The Kier molecular flexibility index (Phi) is 3.60. The molecule has 2 aliphatic rings. The van der Waals surface area contributed by atoms with Crippen molar-refractivity contribution in [2.24, 2.45) is 10.9 Å². The first-order valence-corrected chi connectivity index (χ1v) is 6.54. The highest BCUT2D eigenvalue weighted by Crippen LogP contribution is 2.43. The fourth-order valence-electron chi connectivity index (χ4n) is 3.32. The van der Waals surface area contributed by atoms with E-state index < -0.39 is 0 Å². The van der Waals surface area contributed by atoms with Gasteiger partial charge in [-0.15, -0.1) is 0 Å². The molecule has 0 aromatic rings. The number of aliphatic imine (C=N–C) groups is 1. The third-order valence-corrected chi connectivity index (χ3v) is 4.25. The van der Waals surface area contributed by atoms with Gasteiger partial charge in [0.2, 0.25) is 6.08 Å². The molecule has 1 saturated carbocycles. The summed E-state index contributed by atoms with van der Waals surface area (Å²) in [6.07, 6.45) is 14.0. The second-order valence-electron chi connectivity index (χ2n) is 5.38.